The highest BCUT2D eigenvalue weighted by molar-refractivity contribution is 6.30. The average molecular weight is 275 g/mol. The number of rotatable bonds is 5. The number of imide groups is 3. The minimum Gasteiger partial charge on any atom is -0.398 e. The summed E-state index contributed by atoms with van der Waals surface area (Å²) in [7, 11) is 0. The van der Waals surface area contributed by atoms with Crippen molar-refractivity contribution in [3.05, 3.63) is 29.3 Å². The number of hydrogen-bond acceptors (Lipinski definition) is 5. The van der Waals surface area contributed by atoms with E-state index in [1.165, 1.54) is 6.07 Å². The highest BCUT2D eigenvalue weighted by atomic mass is 16.2. The summed E-state index contributed by atoms with van der Waals surface area (Å²) in [5.74, 6) is -1.68. The van der Waals surface area contributed by atoms with Gasteiger partial charge in [-0.1, -0.05) is 12.5 Å². The van der Waals surface area contributed by atoms with Crippen LogP contribution < -0.4 is 11.5 Å². The SMILES string of the molecule is NCCCCCC(=O)N1C(=O)c2cccc(N)c2C1=O. The van der Waals surface area contributed by atoms with Crippen LogP contribution in [0.4, 0.5) is 5.69 Å². The molecule has 6 heteroatoms. The fraction of sp³-hybridized carbons (Fsp3) is 0.357. The van der Waals surface area contributed by atoms with Crippen LogP contribution in [0.25, 0.3) is 0 Å². The molecule has 4 N–H and O–H groups in total. The molecule has 0 radical (unpaired) electrons. The topological polar surface area (TPSA) is 106 Å². The molecule has 1 aliphatic heterocycles. The lowest BCUT2D eigenvalue weighted by Crippen LogP contribution is -2.36. The standard InChI is InChI=1S/C14H17N3O3/c15-8-3-1-2-7-11(18)17-13(19)9-5-4-6-10(16)12(9)14(17)20/h4-6H,1-3,7-8,15-16H2. The van der Waals surface area contributed by atoms with Crippen LogP contribution in [-0.2, 0) is 4.79 Å². The van der Waals surface area contributed by atoms with Gasteiger partial charge in [-0.25, -0.2) is 4.90 Å². The van der Waals surface area contributed by atoms with Gasteiger partial charge in [-0.3, -0.25) is 14.4 Å². The molecule has 0 saturated carbocycles. The molecule has 0 spiro atoms. The van der Waals surface area contributed by atoms with Gasteiger partial charge >= 0.3 is 0 Å². The molecule has 0 atom stereocenters. The van der Waals surface area contributed by atoms with Gasteiger partial charge in [0, 0.05) is 12.1 Å². The van der Waals surface area contributed by atoms with E-state index in [1.54, 1.807) is 12.1 Å². The number of hydrogen-bond donors (Lipinski definition) is 2. The minimum absolute atomic E-state index is 0.132. The number of nitrogens with zero attached hydrogens (tertiary/aromatic N) is 1. The number of benzene rings is 1. The molecular formula is C14H17N3O3. The molecule has 3 amide bonds. The van der Waals surface area contributed by atoms with Gasteiger partial charge in [0.15, 0.2) is 0 Å². The molecule has 0 bridgehead atoms. The van der Waals surface area contributed by atoms with Crippen molar-refractivity contribution in [2.45, 2.75) is 25.7 Å². The first kappa shape index (κ1) is 14.2. The molecular weight excluding hydrogens is 258 g/mol. The quantitative estimate of drug-likeness (QED) is 0.472. The molecule has 6 nitrogen and oxygen atoms in total. The molecule has 0 saturated heterocycles. The van der Waals surface area contributed by atoms with Crippen molar-refractivity contribution in [2.24, 2.45) is 5.73 Å². The van der Waals surface area contributed by atoms with E-state index in [9.17, 15) is 14.4 Å². The largest absolute Gasteiger partial charge is 0.398 e. The van der Waals surface area contributed by atoms with Crippen molar-refractivity contribution in [2.75, 3.05) is 12.3 Å². The number of fused-ring (bicyclic) bond motifs is 1. The van der Waals surface area contributed by atoms with E-state index < -0.39 is 17.7 Å². The first-order chi connectivity index (χ1) is 9.57. The zero-order chi connectivity index (χ0) is 14.7. The Hall–Kier alpha value is -2.21. The van der Waals surface area contributed by atoms with Crippen LogP contribution in [0.2, 0.25) is 0 Å². The molecule has 1 heterocycles. The van der Waals surface area contributed by atoms with Gasteiger partial charge in [-0.2, -0.15) is 0 Å². The Morgan fingerprint density at radius 3 is 2.50 bits per heavy atom. The summed E-state index contributed by atoms with van der Waals surface area (Å²) in [6.45, 7) is 0.567. The maximum Gasteiger partial charge on any atom is 0.270 e. The molecule has 2 rings (SSSR count). The Morgan fingerprint density at radius 1 is 1.10 bits per heavy atom. The van der Waals surface area contributed by atoms with Gasteiger partial charge in [-0.05, 0) is 31.5 Å². The second-order valence-electron chi connectivity index (χ2n) is 4.71. The third-order valence-electron chi connectivity index (χ3n) is 3.29. The number of carbonyl (C=O) groups excluding carboxylic acids is 3. The normalized spacial score (nSPS) is 13.8. The predicted octanol–water partition coefficient (Wildman–Crippen LogP) is 0.911. The first-order valence-corrected chi connectivity index (χ1v) is 6.58. The lowest BCUT2D eigenvalue weighted by atomic mass is 10.1. The van der Waals surface area contributed by atoms with Gasteiger partial charge in [0.2, 0.25) is 5.91 Å². The molecule has 0 aromatic heterocycles. The van der Waals surface area contributed by atoms with E-state index in [4.69, 9.17) is 11.5 Å². The third kappa shape index (κ3) is 2.42. The Balaban J connectivity index is 2.12. The van der Waals surface area contributed by atoms with Gasteiger partial charge < -0.3 is 11.5 Å². The fourth-order valence-corrected chi connectivity index (χ4v) is 2.25. The maximum atomic E-state index is 12.1. The van der Waals surface area contributed by atoms with Crippen molar-refractivity contribution in [1.29, 1.82) is 0 Å². The monoisotopic (exact) mass is 275 g/mol. The Bertz CT molecular complexity index is 569. The van der Waals surface area contributed by atoms with Crippen LogP contribution in [-0.4, -0.2) is 29.2 Å². The van der Waals surface area contributed by atoms with Crippen molar-refractivity contribution < 1.29 is 14.4 Å². The van der Waals surface area contributed by atoms with Gasteiger partial charge in [0.25, 0.3) is 11.8 Å². The van der Waals surface area contributed by atoms with E-state index in [0.717, 1.165) is 12.8 Å². The van der Waals surface area contributed by atoms with E-state index >= 15 is 0 Å². The number of amides is 3. The minimum atomic E-state index is -0.619. The predicted molar refractivity (Wildman–Crippen MR) is 73.9 cm³/mol. The van der Waals surface area contributed by atoms with E-state index in [-0.39, 0.29) is 23.2 Å². The average Bonchev–Trinajstić information content (AvgIpc) is 2.68. The van der Waals surface area contributed by atoms with Crippen molar-refractivity contribution >= 4 is 23.4 Å². The van der Waals surface area contributed by atoms with E-state index in [1.807, 2.05) is 0 Å². The van der Waals surface area contributed by atoms with E-state index in [2.05, 4.69) is 0 Å². The summed E-state index contributed by atoms with van der Waals surface area (Å²) in [5.41, 5.74) is 11.6. The summed E-state index contributed by atoms with van der Waals surface area (Å²) >= 11 is 0. The summed E-state index contributed by atoms with van der Waals surface area (Å²) < 4.78 is 0. The molecule has 1 aromatic rings. The third-order valence-corrected chi connectivity index (χ3v) is 3.29. The highest BCUT2D eigenvalue weighted by Crippen LogP contribution is 2.28. The van der Waals surface area contributed by atoms with Crippen molar-refractivity contribution in [1.82, 2.24) is 4.90 Å². The fourth-order valence-electron chi connectivity index (χ4n) is 2.25. The molecule has 20 heavy (non-hydrogen) atoms. The summed E-state index contributed by atoms with van der Waals surface area (Å²) in [5, 5.41) is 0. The van der Waals surface area contributed by atoms with Crippen LogP contribution in [0.15, 0.2) is 18.2 Å². The Morgan fingerprint density at radius 2 is 1.85 bits per heavy atom. The van der Waals surface area contributed by atoms with Crippen LogP contribution in [0.5, 0.6) is 0 Å². The molecule has 0 unspecified atom stereocenters. The van der Waals surface area contributed by atoms with Gasteiger partial charge in [0.1, 0.15) is 0 Å². The maximum absolute atomic E-state index is 12.1. The second-order valence-corrected chi connectivity index (χ2v) is 4.71. The Labute approximate surface area is 116 Å². The number of carbonyl (C=O) groups is 3. The van der Waals surface area contributed by atoms with Crippen LogP contribution in [0.3, 0.4) is 0 Å². The molecule has 0 fully saturated rings. The van der Waals surface area contributed by atoms with Gasteiger partial charge in [-0.15, -0.1) is 0 Å². The van der Waals surface area contributed by atoms with Crippen LogP contribution in [0.1, 0.15) is 46.4 Å². The molecule has 106 valence electrons. The van der Waals surface area contributed by atoms with Crippen LogP contribution in [0, 0.1) is 0 Å². The highest BCUT2D eigenvalue weighted by Gasteiger charge is 2.40. The first-order valence-electron chi connectivity index (χ1n) is 6.58. The Kier molecular flexibility index (Phi) is 4.14. The zero-order valence-electron chi connectivity index (χ0n) is 11.1. The van der Waals surface area contributed by atoms with E-state index in [0.29, 0.717) is 17.9 Å². The lowest BCUT2D eigenvalue weighted by molar-refractivity contribution is -0.126. The molecule has 0 aliphatic carbocycles. The summed E-state index contributed by atoms with van der Waals surface area (Å²) in [4.78, 5) is 37.0. The smallest absolute Gasteiger partial charge is 0.270 e. The molecule has 1 aromatic carbocycles. The number of nitrogens with two attached hydrogens (primary N) is 2. The number of nitrogen functional groups attached to an aromatic ring is 1. The summed E-state index contributed by atoms with van der Waals surface area (Å²) in [6, 6.07) is 4.64. The summed E-state index contributed by atoms with van der Waals surface area (Å²) in [6.07, 6.45) is 2.39. The number of anilines is 1. The van der Waals surface area contributed by atoms with Crippen LogP contribution >= 0.6 is 0 Å². The lowest BCUT2D eigenvalue weighted by Gasteiger charge is -2.11. The molecule has 1 aliphatic rings. The number of unbranched alkanes of at least 4 members (excludes halogenated alkanes) is 2. The van der Waals surface area contributed by atoms with Gasteiger partial charge in [0.05, 0.1) is 11.1 Å². The van der Waals surface area contributed by atoms with Crippen molar-refractivity contribution in [3.8, 4) is 0 Å². The second kappa shape index (κ2) is 5.83. The zero-order valence-corrected chi connectivity index (χ0v) is 11.1. The van der Waals surface area contributed by atoms with Crippen molar-refractivity contribution in [3.63, 3.8) is 0 Å².